The van der Waals surface area contributed by atoms with Gasteiger partial charge in [-0.3, -0.25) is 4.79 Å². The molecule has 0 fully saturated rings. The summed E-state index contributed by atoms with van der Waals surface area (Å²) in [6.45, 7) is 2.04. The molecule has 2 aromatic heterocycles. The zero-order valence-electron chi connectivity index (χ0n) is 11.1. The molecule has 3 aromatic rings. The molecule has 20 heavy (non-hydrogen) atoms. The molecule has 3 rings (SSSR count). The lowest BCUT2D eigenvalue weighted by molar-refractivity contribution is 0.0935. The number of H-pyrrole nitrogens is 1. The molecule has 0 aliphatic heterocycles. The quantitative estimate of drug-likeness (QED) is 0.770. The first-order chi connectivity index (χ1) is 9.78. The van der Waals surface area contributed by atoms with Crippen molar-refractivity contribution in [3.8, 4) is 0 Å². The van der Waals surface area contributed by atoms with Crippen molar-refractivity contribution < 1.29 is 4.79 Å². The minimum Gasteiger partial charge on any atom is -0.361 e. The Morgan fingerprint density at radius 1 is 1.45 bits per heavy atom. The number of nitrogens with one attached hydrogen (secondary N) is 2. The first-order valence-electron chi connectivity index (χ1n) is 6.55. The standard InChI is InChI=1S/C15H15N3OS/c1-2-12(15-17-7-8-20-15)18-14(19)11-3-4-13-10(9-11)5-6-16-13/h3-9,12,16H,2H2,1H3,(H,18,19). The van der Waals surface area contributed by atoms with Crippen molar-refractivity contribution in [3.05, 3.63) is 52.6 Å². The molecule has 4 nitrogen and oxygen atoms in total. The molecule has 0 radical (unpaired) electrons. The van der Waals surface area contributed by atoms with Crippen LogP contribution in [0.15, 0.2) is 42.0 Å². The van der Waals surface area contributed by atoms with Gasteiger partial charge >= 0.3 is 0 Å². The van der Waals surface area contributed by atoms with E-state index < -0.39 is 0 Å². The third-order valence-electron chi connectivity index (χ3n) is 3.28. The fourth-order valence-corrected chi connectivity index (χ4v) is 2.95. The largest absolute Gasteiger partial charge is 0.361 e. The van der Waals surface area contributed by atoms with Gasteiger partial charge in [-0.2, -0.15) is 0 Å². The monoisotopic (exact) mass is 285 g/mol. The van der Waals surface area contributed by atoms with Crippen LogP contribution < -0.4 is 5.32 Å². The van der Waals surface area contributed by atoms with E-state index in [0.717, 1.165) is 22.3 Å². The Morgan fingerprint density at radius 3 is 3.10 bits per heavy atom. The lowest BCUT2D eigenvalue weighted by Gasteiger charge is -2.14. The van der Waals surface area contributed by atoms with Crippen LogP contribution in [0.2, 0.25) is 0 Å². The highest BCUT2D eigenvalue weighted by molar-refractivity contribution is 7.09. The average molecular weight is 285 g/mol. The average Bonchev–Trinajstić information content (AvgIpc) is 3.14. The minimum atomic E-state index is -0.0600. The molecule has 1 aromatic carbocycles. The van der Waals surface area contributed by atoms with E-state index >= 15 is 0 Å². The molecule has 2 heterocycles. The van der Waals surface area contributed by atoms with Crippen molar-refractivity contribution in [1.29, 1.82) is 0 Å². The Hall–Kier alpha value is -2.14. The molecule has 1 atom stereocenters. The third-order valence-corrected chi connectivity index (χ3v) is 4.17. The Morgan fingerprint density at radius 2 is 2.35 bits per heavy atom. The first kappa shape index (κ1) is 12.9. The number of carbonyl (C=O) groups is 1. The van der Waals surface area contributed by atoms with Crippen LogP contribution in [0.3, 0.4) is 0 Å². The summed E-state index contributed by atoms with van der Waals surface area (Å²) < 4.78 is 0. The van der Waals surface area contributed by atoms with Crippen molar-refractivity contribution in [2.75, 3.05) is 0 Å². The van der Waals surface area contributed by atoms with Gasteiger partial charge in [0.1, 0.15) is 5.01 Å². The van der Waals surface area contributed by atoms with Gasteiger partial charge in [-0.1, -0.05) is 6.92 Å². The first-order valence-corrected chi connectivity index (χ1v) is 7.43. The highest BCUT2D eigenvalue weighted by Crippen LogP contribution is 2.20. The molecular weight excluding hydrogens is 270 g/mol. The Balaban J connectivity index is 1.81. The molecule has 0 aliphatic carbocycles. The van der Waals surface area contributed by atoms with Crippen molar-refractivity contribution in [3.63, 3.8) is 0 Å². The summed E-state index contributed by atoms with van der Waals surface area (Å²) in [5.74, 6) is -0.0600. The van der Waals surface area contributed by atoms with Crippen molar-refractivity contribution in [2.45, 2.75) is 19.4 Å². The number of hydrogen-bond acceptors (Lipinski definition) is 3. The van der Waals surface area contributed by atoms with E-state index in [-0.39, 0.29) is 11.9 Å². The summed E-state index contributed by atoms with van der Waals surface area (Å²) in [4.78, 5) is 19.7. The lowest BCUT2D eigenvalue weighted by Crippen LogP contribution is -2.28. The number of rotatable bonds is 4. The van der Waals surface area contributed by atoms with Gasteiger partial charge in [-0.05, 0) is 30.7 Å². The summed E-state index contributed by atoms with van der Waals surface area (Å²) in [7, 11) is 0. The number of thiazole rings is 1. The normalized spacial score (nSPS) is 12.4. The lowest BCUT2D eigenvalue weighted by atomic mass is 10.1. The second kappa shape index (κ2) is 5.46. The molecule has 1 amide bonds. The van der Waals surface area contributed by atoms with Crippen LogP contribution in [-0.4, -0.2) is 15.9 Å². The van der Waals surface area contributed by atoms with Crippen LogP contribution in [0.1, 0.15) is 34.8 Å². The number of benzene rings is 1. The Bertz CT molecular complexity index is 718. The van der Waals surface area contributed by atoms with Gasteiger partial charge in [0.2, 0.25) is 0 Å². The number of aromatic amines is 1. The molecule has 0 saturated heterocycles. The fraction of sp³-hybridized carbons (Fsp3) is 0.200. The number of carbonyl (C=O) groups excluding carboxylic acids is 1. The zero-order chi connectivity index (χ0) is 13.9. The highest BCUT2D eigenvalue weighted by atomic mass is 32.1. The maximum absolute atomic E-state index is 12.3. The van der Waals surface area contributed by atoms with E-state index in [1.807, 2.05) is 42.8 Å². The molecular formula is C15H15N3OS. The molecule has 0 saturated carbocycles. The predicted octanol–water partition coefficient (Wildman–Crippen LogP) is 3.51. The van der Waals surface area contributed by atoms with E-state index in [9.17, 15) is 4.79 Å². The van der Waals surface area contributed by atoms with E-state index in [2.05, 4.69) is 15.3 Å². The van der Waals surface area contributed by atoms with Gasteiger partial charge in [0.25, 0.3) is 5.91 Å². The molecule has 0 bridgehead atoms. The number of aromatic nitrogens is 2. The predicted molar refractivity (Wildman–Crippen MR) is 80.9 cm³/mol. The zero-order valence-corrected chi connectivity index (χ0v) is 11.9. The molecule has 0 spiro atoms. The van der Waals surface area contributed by atoms with Crippen LogP contribution >= 0.6 is 11.3 Å². The van der Waals surface area contributed by atoms with Crippen LogP contribution in [0, 0.1) is 0 Å². The summed E-state index contributed by atoms with van der Waals surface area (Å²) in [6.07, 6.45) is 4.46. The van der Waals surface area contributed by atoms with Gasteiger partial charge < -0.3 is 10.3 Å². The molecule has 1 unspecified atom stereocenters. The molecule has 2 N–H and O–H groups in total. The Labute approximate surface area is 120 Å². The third kappa shape index (κ3) is 2.44. The van der Waals surface area contributed by atoms with E-state index in [4.69, 9.17) is 0 Å². The highest BCUT2D eigenvalue weighted by Gasteiger charge is 2.16. The summed E-state index contributed by atoms with van der Waals surface area (Å²) >= 11 is 1.57. The minimum absolute atomic E-state index is 0.0237. The van der Waals surface area contributed by atoms with E-state index in [1.54, 1.807) is 17.5 Å². The summed E-state index contributed by atoms with van der Waals surface area (Å²) in [5.41, 5.74) is 1.71. The smallest absolute Gasteiger partial charge is 0.251 e. The second-order valence-corrected chi connectivity index (χ2v) is 5.51. The molecule has 5 heteroatoms. The molecule has 0 aliphatic rings. The van der Waals surface area contributed by atoms with Gasteiger partial charge in [-0.25, -0.2) is 4.98 Å². The number of fused-ring (bicyclic) bond motifs is 1. The van der Waals surface area contributed by atoms with Gasteiger partial charge in [-0.15, -0.1) is 11.3 Å². The van der Waals surface area contributed by atoms with Crippen LogP contribution in [0.5, 0.6) is 0 Å². The van der Waals surface area contributed by atoms with Crippen molar-refractivity contribution in [1.82, 2.24) is 15.3 Å². The van der Waals surface area contributed by atoms with E-state index in [0.29, 0.717) is 5.56 Å². The Kier molecular flexibility index (Phi) is 3.52. The van der Waals surface area contributed by atoms with Crippen molar-refractivity contribution >= 4 is 28.1 Å². The fourth-order valence-electron chi connectivity index (χ4n) is 2.18. The van der Waals surface area contributed by atoms with Crippen LogP contribution in [0.25, 0.3) is 10.9 Å². The summed E-state index contributed by atoms with van der Waals surface area (Å²) in [5, 5.41) is 6.96. The van der Waals surface area contributed by atoms with Gasteiger partial charge in [0, 0.05) is 34.2 Å². The number of nitrogens with zero attached hydrogens (tertiary/aromatic N) is 1. The number of amides is 1. The maximum Gasteiger partial charge on any atom is 0.251 e. The van der Waals surface area contributed by atoms with Crippen molar-refractivity contribution in [2.24, 2.45) is 0 Å². The second-order valence-electron chi connectivity index (χ2n) is 4.58. The van der Waals surface area contributed by atoms with Crippen LogP contribution in [-0.2, 0) is 0 Å². The van der Waals surface area contributed by atoms with Gasteiger partial charge in [0.05, 0.1) is 6.04 Å². The van der Waals surface area contributed by atoms with Crippen LogP contribution in [0.4, 0.5) is 0 Å². The van der Waals surface area contributed by atoms with E-state index in [1.165, 1.54) is 0 Å². The summed E-state index contributed by atoms with van der Waals surface area (Å²) in [6, 6.07) is 7.60. The molecule has 102 valence electrons. The topological polar surface area (TPSA) is 57.8 Å². The maximum atomic E-state index is 12.3. The SMILES string of the molecule is CCC(NC(=O)c1ccc2[nH]ccc2c1)c1nccs1. The number of hydrogen-bond donors (Lipinski definition) is 2. The van der Waals surface area contributed by atoms with Gasteiger partial charge in [0.15, 0.2) is 0 Å².